The number of rotatable bonds is 3. The van der Waals surface area contributed by atoms with Crippen LogP contribution in [-0.4, -0.2) is 27.3 Å². The van der Waals surface area contributed by atoms with Crippen molar-refractivity contribution in [3.8, 4) is 5.88 Å². The summed E-state index contributed by atoms with van der Waals surface area (Å²) in [6.45, 7) is 0. The van der Waals surface area contributed by atoms with Gasteiger partial charge in [0.1, 0.15) is 0 Å². The molecule has 0 fully saturated rings. The molecular formula is C7H2F3IN2O5. The van der Waals surface area contributed by atoms with Crippen molar-refractivity contribution in [1.29, 1.82) is 0 Å². The molecule has 0 amide bonds. The fourth-order valence-corrected chi connectivity index (χ4v) is 1.71. The number of ether oxygens (including phenoxy) is 1. The first kappa shape index (κ1) is 14.4. The molecule has 7 nitrogen and oxygen atoms in total. The molecule has 1 aromatic rings. The van der Waals surface area contributed by atoms with E-state index in [4.69, 9.17) is 5.11 Å². The molecule has 1 rings (SSSR count). The van der Waals surface area contributed by atoms with Crippen LogP contribution in [-0.2, 0) is 0 Å². The van der Waals surface area contributed by atoms with Crippen LogP contribution in [0.15, 0.2) is 6.20 Å². The number of nitro groups is 1. The van der Waals surface area contributed by atoms with E-state index in [-0.39, 0.29) is 0 Å². The Labute approximate surface area is 110 Å². The standard InChI is InChI=1S/C7H2F3IN2O5/c8-7(9,10)18-5-3(11)4(13(16)17)2(1-12-5)6(14)15/h1H,(H,14,15). The molecule has 0 saturated heterocycles. The number of carboxylic acid groups (broad SMARTS) is 1. The third-order valence-corrected chi connectivity index (χ3v) is 2.56. The monoisotopic (exact) mass is 378 g/mol. The number of carbonyl (C=O) groups is 1. The number of carboxylic acids is 1. The summed E-state index contributed by atoms with van der Waals surface area (Å²) in [5, 5.41) is 19.3. The van der Waals surface area contributed by atoms with Crippen molar-refractivity contribution in [2.75, 3.05) is 0 Å². The summed E-state index contributed by atoms with van der Waals surface area (Å²) in [5.74, 6) is -2.74. The van der Waals surface area contributed by atoms with Crippen LogP contribution >= 0.6 is 22.6 Å². The molecule has 0 aliphatic carbocycles. The molecule has 18 heavy (non-hydrogen) atoms. The predicted octanol–water partition coefficient (Wildman–Crippen LogP) is 2.19. The SMILES string of the molecule is O=C(O)c1cnc(OC(F)(F)F)c(I)c1[N+](=O)[O-]. The Morgan fingerprint density at radius 3 is 2.50 bits per heavy atom. The molecule has 0 saturated carbocycles. The molecule has 0 aliphatic heterocycles. The number of nitrogens with zero attached hydrogens (tertiary/aromatic N) is 2. The summed E-state index contributed by atoms with van der Waals surface area (Å²) in [4.78, 5) is 23.3. The van der Waals surface area contributed by atoms with E-state index in [0.29, 0.717) is 6.20 Å². The number of aromatic carboxylic acids is 1. The quantitative estimate of drug-likeness (QED) is 0.492. The van der Waals surface area contributed by atoms with Crippen molar-refractivity contribution in [2.24, 2.45) is 0 Å². The molecule has 1 heterocycles. The topological polar surface area (TPSA) is 103 Å². The van der Waals surface area contributed by atoms with E-state index in [1.54, 1.807) is 0 Å². The first-order valence-corrected chi connectivity index (χ1v) is 5.03. The van der Waals surface area contributed by atoms with E-state index in [9.17, 15) is 28.1 Å². The lowest BCUT2D eigenvalue weighted by molar-refractivity contribution is -0.386. The summed E-state index contributed by atoms with van der Waals surface area (Å²) in [7, 11) is 0. The Hall–Kier alpha value is -1.66. The number of alkyl halides is 3. The molecule has 98 valence electrons. The highest BCUT2D eigenvalue weighted by molar-refractivity contribution is 14.1. The van der Waals surface area contributed by atoms with Gasteiger partial charge in [-0.15, -0.1) is 13.2 Å². The van der Waals surface area contributed by atoms with Gasteiger partial charge in [0, 0.05) is 0 Å². The van der Waals surface area contributed by atoms with Gasteiger partial charge in [0.2, 0.25) is 5.88 Å². The maximum Gasteiger partial charge on any atom is 0.574 e. The summed E-state index contributed by atoms with van der Waals surface area (Å²) in [6, 6.07) is 0. The van der Waals surface area contributed by atoms with Crippen LogP contribution in [0, 0.1) is 13.7 Å². The fraction of sp³-hybridized carbons (Fsp3) is 0.143. The minimum atomic E-state index is -5.08. The molecular weight excluding hydrogens is 376 g/mol. The minimum Gasteiger partial charge on any atom is -0.477 e. The highest BCUT2D eigenvalue weighted by Gasteiger charge is 2.36. The third kappa shape index (κ3) is 3.18. The van der Waals surface area contributed by atoms with E-state index in [0.717, 1.165) is 22.6 Å². The number of halogens is 4. The summed E-state index contributed by atoms with van der Waals surface area (Å²) >= 11 is 1.16. The number of aromatic nitrogens is 1. The maximum atomic E-state index is 12.0. The normalized spacial score (nSPS) is 11.1. The zero-order valence-corrected chi connectivity index (χ0v) is 10.2. The fourth-order valence-electron chi connectivity index (χ4n) is 0.976. The van der Waals surface area contributed by atoms with E-state index in [2.05, 4.69) is 9.72 Å². The van der Waals surface area contributed by atoms with Gasteiger partial charge in [-0.2, -0.15) is 0 Å². The molecule has 1 aromatic heterocycles. The summed E-state index contributed by atoms with van der Waals surface area (Å²) in [6.07, 6.45) is -4.64. The highest BCUT2D eigenvalue weighted by Crippen LogP contribution is 2.34. The van der Waals surface area contributed by atoms with E-state index < -0.39 is 38.0 Å². The first-order valence-electron chi connectivity index (χ1n) is 3.95. The van der Waals surface area contributed by atoms with Crippen molar-refractivity contribution in [1.82, 2.24) is 4.98 Å². The van der Waals surface area contributed by atoms with Gasteiger partial charge in [0.05, 0.1) is 11.1 Å². The van der Waals surface area contributed by atoms with E-state index >= 15 is 0 Å². The van der Waals surface area contributed by atoms with Crippen molar-refractivity contribution in [3.63, 3.8) is 0 Å². The molecule has 1 N–H and O–H groups in total. The molecule has 0 bridgehead atoms. The second kappa shape index (κ2) is 4.91. The maximum absolute atomic E-state index is 12.0. The largest absolute Gasteiger partial charge is 0.574 e. The third-order valence-electron chi connectivity index (χ3n) is 1.59. The zero-order valence-electron chi connectivity index (χ0n) is 8.06. The van der Waals surface area contributed by atoms with Crippen molar-refractivity contribution in [3.05, 3.63) is 25.4 Å². The molecule has 11 heteroatoms. The number of hydrogen-bond acceptors (Lipinski definition) is 5. The summed E-state index contributed by atoms with van der Waals surface area (Å²) < 4.78 is 38.7. The van der Waals surface area contributed by atoms with Gasteiger partial charge in [-0.25, -0.2) is 9.78 Å². The molecule has 0 spiro atoms. The molecule has 0 aromatic carbocycles. The Morgan fingerprint density at radius 2 is 2.11 bits per heavy atom. The van der Waals surface area contributed by atoms with Crippen LogP contribution < -0.4 is 4.74 Å². The molecule has 0 aliphatic rings. The molecule has 0 atom stereocenters. The van der Waals surface area contributed by atoms with Crippen molar-refractivity contribution in [2.45, 2.75) is 6.36 Å². The van der Waals surface area contributed by atoms with Crippen LogP contribution in [0.1, 0.15) is 10.4 Å². The minimum absolute atomic E-state index is 0.434. The van der Waals surface area contributed by atoms with Gasteiger partial charge >= 0.3 is 18.0 Å². The Balaban J connectivity index is 3.40. The lowest BCUT2D eigenvalue weighted by Crippen LogP contribution is -2.19. The second-order valence-corrected chi connectivity index (χ2v) is 3.83. The lowest BCUT2D eigenvalue weighted by atomic mass is 10.2. The van der Waals surface area contributed by atoms with Crippen molar-refractivity contribution < 1.29 is 32.7 Å². The number of hydrogen-bond donors (Lipinski definition) is 1. The van der Waals surface area contributed by atoms with Gasteiger partial charge in [-0.3, -0.25) is 10.1 Å². The number of pyridine rings is 1. The highest BCUT2D eigenvalue weighted by atomic mass is 127. The van der Waals surface area contributed by atoms with Crippen LogP contribution in [0.2, 0.25) is 0 Å². The lowest BCUT2D eigenvalue weighted by Gasteiger charge is -2.09. The van der Waals surface area contributed by atoms with E-state index in [1.165, 1.54) is 0 Å². The van der Waals surface area contributed by atoms with Crippen LogP contribution in [0.3, 0.4) is 0 Å². The van der Waals surface area contributed by atoms with E-state index in [1.807, 2.05) is 0 Å². The van der Waals surface area contributed by atoms with Gasteiger partial charge < -0.3 is 9.84 Å². The molecule has 0 unspecified atom stereocenters. The van der Waals surface area contributed by atoms with Crippen LogP contribution in [0.5, 0.6) is 5.88 Å². The molecule has 0 radical (unpaired) electrons. The Bertz CT molecular complexity index is 519. The second-order valence-electron chi connectivity index (χ2n) is 2.75. The average molecular weight is 378 g/mol. The smallest absolute Gasteiger partial charge is 0.477 e. The van der Waals surface area contributed by atoms with Gasteiger partial charge in [-0.1, -0.05) is 0 Å². The Morgan fingerprint density at radius 1 is 1.56 bits per heavy atom. The van der Waals surface area contributed by atoms with Crippen LogP contribution in [0.4, 0.5) is 18.9 Å². The zero-order chi connectivity index (χ0) is 14.1. The van der Waals surface area contributed by atoms with Crippen molar-refractivity contribution >= 4 is 34.2 Å². The first-order chi connectivity index (χ1) is 8.13. The predicted molar refractivity (Wildman–Crippen MR) is 57.3 cm³/mol. The van der Waals surface area contributed by atoms with Crippen LogP contribution in [0.25, 0.3) is 0 Å². The average Bonchev–Trinajstić information content (AvgIpc) is 2.17. The van der Waals surface area contributed by atoms with Gasteiger partial charge in [0.25, 0.3) is 0 Å². The van der Waals surface area contributed by atoms with Gasteiger partial charge in [-0.05, 0) is 22.6 Å². The van der Waals surface area contributed by atoms with Gasteiger partial charge in [0.15, 0.2) is 9.13 Å². The Kier molecular flexibility index (Phi) is 3.93. The summed E-state index contributed by atoms with van der Waals surface area (Å²) in [5.41, 5.74) is -1.82.